The van der Waals surface area contributed by atoms with E-state index in [9.17, 15) is 10.1 Å². The van der Waals surface area contributed by atoms with Crippen LogP contribution in [0.3, 0.4) is 0 Å². The van der Waals surface area contributed by atoms with Crippen LogP contribution in [0, 0.1) is 10.1 Å². The van der Waals surface area contributed by atoms with E-state index in [1.165, 1.54) is 12.1 Å². The van der Waals surface area contributed by atoms with Gasteiger partial charge in [-0.25, -0.2) is 0 Å². The first-order valence-electron chi connectivity index (χ1n) is 6.73. The molecule has 0 atom stereocenters. The Hall–Kier alpha value is -2.64. The maximum absolute atomic E-state index is 11.0. The first-order valence-corrected chi connectivity index (χ1v) is 6.73. The lowest BCUT2D eigenvalue weighted by molar-refractivity contribution is -0.384. The minimum atomic E-state index is -0.471. The summed E-state index contributed by atoms with van der Waals surface area (Å²) in [5.41, 5.74) is -0.0681. The SMILES string of the molecule is CCCNc1cc([N+](=O)[O-])cc(Oc2cnn(CC)c2)n1. The van der Waals surface area contributed by atoms with Crippen LogP contribution in [0.5, 0.6) is 11.6 Å². The minimum Gasteiger partial charge on any atom is -0.435 e. The van der Waals surface area contributed by atoms with Gasteiger partial charge in [-0.05, 0) is 13.3 Å². The molecule has 112 valence electrons. The van der Waals surface area contributed by atoms with Crippen molar-refractivity contribution in [3.8, 4) is 11.6 Å². The maximum atomic E-state index is 11.0. The molecule has 0 aromatic carbocycles. The molecule has 0 unspecified atom stereocenters. The molecule has 0 saturated carbocycles. The molecule has 2 heterocycles. The molecule has 0 amide bonds. The van der Waals surface area contributed by atoms with Crippen LogP contribution in [-0.2, 0) is 6.54 Å². The van der Waals surface area contributed by atoms with Crippen molar-refractivity contribution in [2.75, 3.05) is 11.9 Å². The molecule has 2 aromatic rings. The third-order valence-corrected chi connectivity index (χ3v) is 2.71. The lowest BCUT2D eigenvalue weighted by atomic mass is 10.3. The predicted octanol–water partition coefficient (Wildman–Crippen LogP) is 2.82. The van der Waals surface area contributed by atoms with Crippen molar-refractivity contribution in [3.63, 3.8) is 0 Å². The highest BCUT2D eigenvalue weighted by Crippen LogP contribution is 2.26. The van der Waals surface area contributed by atoms with Crippen LogP contribution < -0.4 is 10.1 Å². The number of anilines is 1. The van der Waals surface area contributed by atoms with Gasteiger partial charge in [-0.15, -0.1) is 0 Å². The standard InChI is InChI=1S/C13H17N5O3/c1-3-5-14-12-6-10(18(19)20)7-13(16-12)21-11-8-15-17(4-2)9-11/h6-9H,3-5H2,1-2H3,(H,14,16). The number of ether oxygens (including phenoxy) is 1. The van der Waals surface area contributed by atoms with Crippen LogP contribution in [0.15, 0.2) is 24.5 Å². The fourth-order valence-corrected chi connectivity index (χ4v) is 1.68. The average molecular weight is 291 g/mol. The maximum Gasteiger partial charge on any atom is 0.278 e. The third-order valence-electron chi connectivity index (χ3n) is 2.71. The Morgan fingerprint density at radius 1 is 1.43 bits per heavy atom. The van der Waals surface area contributed by atoms with Crippen molar-refractivity contribution in [1.82, 2.24) is 14.8 Å². The van der Waals surface area contributed by atoms with E-state index in [0.29, 0.717) is 18.1 Å². The third kappa shape index (κ3) is 3.91. The largest absolute Gasteiger partial charge is 0.435 e. The first-order chi connectivity index (χ1) is 10.1. The number of aromatic nitrogens is 3. The number of aryl methyl sites for hydroxylation is 1. The summed E-state index contributed by atoms with van der Waals surface area (Å²) in [4.78, 5) is 14.7. The average Bonchev–Trinajstić information content (AvgIpc) is 2.92. The molecular weight excluding hydrogens is 274 g/mol. The van der Waals surface area contributed by atoms with Crippen molar-refractivity contribution in [2.24, 2.45) is 0 Å². The van der Waals surface area contributed by atoms with Gasteiger partial charge in [0.2, 0.25) is 5.88 Å². The van der Waals surface area contributed by atoms with Crippen molar-refractivity contribution in [1.29, 1.82) is 0 Å². The number of hydrogen-bond donors (Lipinski definition) is 1. The number of rotatable bonds is 7. The van der Waals surface area contributed by atoms with Crippen molar-refractivity contribution in [3.05, 3.63) is 34.6 Å². The van der Waals surface area contributed by atoms with E-state index in [2.05, 4.69) is 15.4 Å². The molecule has 1 N–H and O–H groups in total. The van der Waals surface area contributed by atoms with Crippen molar-refractivity contribution in [2.45, 2.75) is 26.8 Å². The van der Waals surface area contributed by atoms with Gasteiger partial charge in [0.05, 0.1) is 29.4 Å². The number of nitrogens with zero attached hydrogens (tertiary/aromatic N) is 4. The fraction of sp³-hybridized carbons (Fsp3) is 0.385. The second kappa shape index (κ2) is 6.69. The van der Waals surface area contributed by atoms with Gasteiger partial charge in [-0.1, -0.05) is 6.92 Å². The summed E-state index contributed by atoms with van der Waals surface area (Å²) in [5.74, 6) is 1.08. The molecule has 8 nitrogen and oxygen atoms in total. The van der Waals surface area contributed by atoms with Gasteiger partial charge < -0.3 is 10.1 Å². The van der Waals surface area contributed by atoms with E-state index in [1.54, 1.807) is 17.1 Å². The number of nitrogens with one attached hydrogen (secondary N) is 1. The Kier molecular flexibility index (Phi) is 4.70. The zero-order valence-electron chi connectivity index (χ0n) is 11.9. The van der Waals surface area contributed by atoms with Crippen LogP contribution in [0.1, 0.15) is 20.3 Å². The van der Waals surface area contributed by atoms with E-state index in [-0.39, 0.29) is 11.6 Å². The van der Waals surface area contributed by atoms with Gasteiger partial charge >= 0.3 is 0 Å². The molecule has 0 spiro atoms. The van der Waals surface area contributed by atoms with E-state index in [1.807, 2.05) is 13.8 Å². The highest BCUT2D eigenvalue weighted by molar-refractivity contribution is 5.48. The lowest BCUT2D eigenvalue weighted by Crippen LogP contribution is -2.03. The van der Waals surface area contributed by atoms with Gasteiger partial charge in [0.15, 0.2) is 5.75 Å². The molecule has 21 heavy (non-hydrogen) atoms. The van der Waals surface area contributed by atoms with Gasteiger partial charge in [0.1, 0.15) is 5.82 Å². The summed E-state index contributed by atoms with van der Waals surface area (Å²) in [5, 5.41) is 18.1. The molecule has 8 heteroatoms. The molecule has 2 rings (SSSR count). The summed E-state index contributed by atoms with van der Waals surface area (Å²) < 4.78 is 7.23. The van der Waals surface area contributed by atoms with E-state index >= 15 is 0 Å². The molecule has 0 fully saturated rings. The Morgan fingerprint density at radius 3 is 2.86 bits per heavy atom. The van der Waals surface area contributed by atoms with E-state index < -0.39 is 4.92 Å². The number of pyridine rings is 1. The zero-order chi connectivity index (χ0) is 15.2. The van der Waals surface area contributed by atoms with E-state index in [4.69, 9.17) is 4.74 Å². The topological polar surface area (TPSA) is 95.1 Å². The monoisotopic (exact) mass is 291 g/mol. The molecule has 0 aliphatic rings. The zero-order valence-corrected chi connectivity index (χ0v) is 11.9. The molecule has 0 aliphatic carbocycles. The fourth-order valence-electron chi connectivity index (χ4n) is 1.68. The van der Waals surface area contributed by atoms with Crippen LogP contribution in [-0.4, -0.2) is 26.2 Å². The van der Waals surface area contributed by atoms with Crippen LogP contribution in [0.25, 0.3) is 0 Å². The number of hydrogen-bond acceptors (Lipinski definition) is 6. The summed E-state index contributed by atoms with van der Waals surface area (Å²) in [6, 6.07) is 2.68. The summed E-state index contributed by atoms with van der Waals surface area (Å²) in [6.07, 6.45) is 4.15. The smallest absolute Gasteiger partial charge is 0.278 e. The molecule has 2 aromatic heterocycles. The second-order valence-electron chi connectivity index (χ2n) is 4.37. The summed E-state index contributed by atoms with van der Waals surface area (Å²) in [6.45, 7) is 5.35. The van der Waals surface area contributed by atoms with Gasteiger partial charge in [-0.2, -0.15) is 10.1 Å². The Labute approximate surface area is 121 Å². The van der Waals surface area contributed by atoms with Crippen LogP contribution in [0.4, 0.5) is 11.5 Å². The number of nitro groups is 1. The molecule has 0 bridgehead atoms. The Balaban J connectivity index is 2.24. The Bertz CT molecular complexity index is 626. The molecule has 0 radical (unpaired) electrons. The lowest BCUT2D eigenvalue weighted by Gasteiger charge is -2.07. The second-order valence-corrected chi connectivity index (χ2v) is 4.37. The van der Waals surface area contributed by atoms with Crippen molar-refractivity contribution >= 4 is 11.5 Å². The molecule has 0 aliphatic heterocycles. The van der Waals surface area contributed by atoms with Crippen molar-refractivity contribution < 1.29 is 9.66 Å². The summed E-state index contributed by atoms with van der Waals surface area (Å²) >= 11 is 0. The highest BCUT2D eigenvalue weighted by atomic mass is 16.6. The molecule has 0 saturated heterocycles. The first kappa shape index (κ1) is 14.8. The van der Waals surface area contributed by atoms with Gasteiger partial charge in [0, 0.05) is 13.1 Å². The highest BCUT2D eigenvalue weighted by Gasteiger charge is 2.13. The Morgan fingerprint density at radius 2 is 2.24 bits per heavy atom. The quantitative estimate of drug-likeness (QED) is 0.622. The van der Waals surface area contributed by atoms with E-state index in [0.717, 1.165) is 13.0 Å². The minimum absolute atomic E-state index is 0.0681. The normalized spacial score (nSPS) is 10.4. The van der Waals surface area contributed by atoms with Crippen LogP contribution in [0.2, 0.25) is 0 Å². The van der Waals surface area contributed by atoms with Gasteiger partial charge in [0.25, 0.3) is 5.69 Å². The van der Waals surface area contributed by atoms with Crippen LogP contribution >= 0.6 is 0 Å². The van der Waals surface area contributed by atoms with Gasteiger partial charge in [-0.3, -0.25) is 14.8 Å². The molecular formula is C13H17N5O3. The predicted molar refractivity (Wildman–Crippen MR) is 77.6 cm³/mol. The summed E-state index contributed by atoms with van der Waals surface area (Å²) in [7, 11) is 0.